The summed E-state index contributed by atoms with van der Waals surface area (Å²) in [6.45, 7) is 4.14. The molecule has 0 bridgehead atoms. The quantitative estimate of drug-likeness (QED) is 0.186. The van der Waals surface area contributed by atoms with Gasteiger partial charge in [-0.2, -0.15) is 0 Å². The van der Waals surface area contributed by atoms with Crippen molar-refractivity contribution in [2.24, 2.45) is 0 Å². The highest BCUT2D eigenvalue weighted by molar-refractivity contribution is 5.88. The molecule has 3 aliphatic rings. The smallest absolute Gasteiger partial charge is 0.135 e. The molecule has 0 saturated heterocycles. The lowest BCUT2D eigenvalue weighted by Crippen LogP contribution is -2.34. The Hall–Kier alpha value is -7.04. The van der Waals surface area contributed by atoms with Gasteiger partial charge in [0.25, 0.3) is 0 Å². The monoisotopic (exact) mass is 726 g/mol. The van der Waals surface area contributed by atoms with Gasteiger partial charge in [-0.3, -0.25) is 0 Å². The number of aromatic hydroxyl groups is 2. The predicted molar refractivity (Wildman–Crippen MR) is 221 cm³/mol. The van der Waals surface area contributed by atoms with Crippen LogP contribution in [0.15, 0.2) is 182 Å². The highest BCUT2D eigenvalue weighted by atomic mass is 16.5. The number of aryl methyl sites for hydroxylation is 2. The number of benzene rings is 8. The van der Waals surface area contributed by atoms with E-state index in [-0.39, 0.29) is 11.5 Å². The van der Waals surface area contributed by atoms with Crippen LogP contribution in [0.25, 0.3) is 11.1 Å². The van der Waals surface area contributed by atoms with Crippen LogP contribution in [-0.2, 0) is 10.8 Å². The van der Waals surface area contributed by atoms with Crippen LogP contribution in [0.5, 0.6) is 34.5 Å². The molecule has 1 aliphatic carbocycles. The molecule has 11 rings (SSSR count). The van der Waals surface area contributed by atoms with E-state index in [0.717, 1.165) is 44.9 Å². The van der Waals surface area contributed by atoms with Gasteiger partial charge in [-0.05, 0) is 82.6 Å². The molecule has 0 radical (unpaired) electrons. The highest BCUT2D eigenvalue weighted by Gasteiger charge is 2.51. The number of hydrogen-bond acceptors (Lipinski definition) is 4. The molecular weight excluding hydrogens is 689 g/mol. The van der Waals surface area contributed by atoms with Crippen molar-refractivity contribution in [3.63, 3.8) is 0 Å². The van der Waals surface area contributed by atoms with E-state index in [1.165, 1.54) is 33.4 Å². The minimum atomic E-state index is -0.521. The predicted octanol–water partition coefficient (Wildman–Crippen LogP) is 12.4. The van der Waals surface area contributed by atoms with E-state index in [1.807, 2.05) is 24.3 Å². The number of ether oxygens (including phenoxy) is 2. The van der Waals surface area contributed by atoms with Gasteiger partial charge in [0.05, 0.1) is 10.8 Å². The molecule has 0 unspecified atom stereocenters. The van der Waals surface area contributed by atoms with Crippen LogP contribution in [0.3, 0.4) is 0 Å². The second-order valence-electron chi connectivity index (χ2n) is 14.9. The van der Waals surface area contributed by atoms with Crippen molar-refractivity contribution in [1.29, 1.82) is 0 Å². The summed E-state index contributed by atoms with van der Waals surface area (Å²) in [6, 6.07) is 62.0. The average molecular weight is 727 g/mol. The van der Waals surface area contributed by atoms with Crippen LogP contribution in [0, 0.1) is 13.8 Å². The van der Waals surface area contributed by atoms with Gasteiger partial charge in [0.2, 0.25) is 0 Å². The van der Waals surface area contributed by atoms with Crippen LogP contribution in [-0.4, -0.2) is 10.2 Å². The maximum absolute atomic E-state index is 10.1. The standard InChI is InChI=1S/C26H18O2.C26H20O2/c1-16-10-12-22-24(14-16)28-25-15-17(27)11-13-23(25)26(22)20-8-4-2-6-18(20)19-7-3-5-9-21(19)26;1-18-12-14-22-24(16-18)28-25-17-21(27)13-15-23(25)26(22,19-8-4-2-5-9-19)20-10-6-3-7-11-20/h2-15,27H,1H3;2-17,27H,1H3. The number of hydrogen-bond donors (Lipinski definition) is 2. The van der Waals surface area contributed by atoms with Crippen LogP contribution in [0.4, 0.5) is 0 Å². The topological polar surface area (TPSA) is 58.9 Å². The summed E-state index contributed by atoms with van der Waals surface area (Å²) in [4.78, 5) is 0. The van der Waals surface area contributed by atoms with E-state index < -0.39 is 10.8 Å². The Morgan fingerprint density at radius 1 is 0.339 bits per heavy atom. The van der Waals surface area contributed by atoms with E-state index in [9.17, 15) is 10.2 Å². The van der Waals surface area contributed by atoms with Gasteiger partial charge in [0, 0.05) is 34.4 Å². The fourth-order valence-electron chi connectivity index (χ4n) is 9.37. The maximum atomic E-state index is 10.1. The minimum Gasteiger partial charge on any atom is -0.508 e. The van der Waals surface area contributed by atoms with Crippen molar-refractivity contribution in [2.45, 2.75) is 24.7 Å². The zero-order valence-electron chi connectivity index (χ0n) is 31.0. The van der Waals surface area contributed by atoms with Crippen LogP contribution in [0.1, 0.15) is 55.6 Å². The Bertz CT molecular complexity index is 2510. The Labute approximate surface area is 326 Å². The maximum Gasteiger partial charge on any atom is 0.135 e. The average Bonchev–Trinajstić information content (AvgIpc) is 3.51. The number of rotatable bonds is 2. The van der Waals surface area contributed by atoms with Crippen molar-refractivity contribution < 1.29 is 19.7 Å². The molecule has 56 heavy (non-hydrogen) atoms. The number of phenolic OH excluding ortho intramolecular Hbond substituents is 2. The molecule has 8 aromatic rings. The zero-order valence-corrected chi connectivity index (χ0v) is 31.0. The largest absolute Gasteiger partial charge is 0.508 e. The Kier molecular flexibility index (Phi) is 7.65. The second-order valence-corrected chi connectivity index (χ2v) is 14.9. The van der Waals surface area contributed by atoms with E-state index >= 15 is 0 Å². The summed E-state index contributed by atoms with van der Waals surface area (Å²) in [5, 5.41) is 20.3. The molecule has 270 valence electrons. The molecule has 4 nitrogen and oxygen atoms in total. The van der Waals surface area contributed by atoms with Crippen molar-refractivity contribution in [3.05, 3.63) is 238 Å². The molecule has 0 amide bonds. The van der Waals surface area contributed by atoms with Crippen molar-refractivity contribution in [1.82, 2.24) is 0 Å². The normalized spacial score (nSPS) is 14.2. The van der Waals surface area contributed by atoms with E-state index in [1.54, 1.807) is 24.3 Å². The SMILES string of the molecule is Cc1ccc2c(c1)Oc1cc(O)ccc1C2(c1ccccc1)c1ccccc1.Cc1ccc2c(c1)Oc1cc(O)ccc1C21c2ccccc2-c2ccccc21. The van der Waals surface area contributed by atoms with Gasteiger partial charge in [-0.15, -0.1) is 0 Å². The third kappa shape index (κ3) is 4.85. The van der Waals surface area contributed by atoms with E-state index in [2.05, 4.69) is 147 Å². The first-order valence-corrected chi connectivity index (χ1v) is 18.9. The Morgan fingerprint density at radius 2 is 0.696 bits per heavy atom. The molecule has 2 aliphatic heterocycles. The molecule has 2 heterocycles. The van der Waals surface area contributed by atoms with E-state index in [0.29, 0.717) is 11.5 Å². The first-order chi connectivity index (χ1) is 27.4. The van der Waals surface area contributed by atoms with Gasteiger partial charge < -0.3 is 19.7 Å². The fourth-order valence-corrected chi connectivity index (χ4v) is 9.37. The third-order valence-electron chi connectivity index (χ3n) is 11.6. The second kappa shape index (κ2) is 12.8. The van der Waals surface area contributed by atoms with Crippen LogP contribution in [0.2, 0.25) is 0 Å². The van der Waals surface area contributed by atoms with Crippen molar-refractivity contribution in [2.75, 3.05) is 0 Å². The lowest BCUT2D eigenvalue weighted by molar-refractivity contribution is 0.423. The van der Waals surface area contributed by atoms with Crippen molar-refractivity contribution in [3.8, 4) is 45.6 Å². The van der Waals surface area contributed by atoms with Gasteiger partial charge >= 0.3 is 0 Å². The first-order valence-electron chi connectivity index (χ1n) is 18.9. The summed E-state index contributed by atoms with van der Waals surface area (Å²) in [7, 11) is 0. The lowest BCUT2D eigenvalue weighted by Gasteiger charge is -2.41. The number of phenols is 2. The zero-order chi connectivity index (χ0) is 38.0. The van der Waals surface area contributed by atoms with Crippen LogP contribution < -0.4 is 9.47 Å². The molecule has 4 heteroatoms. The summed E-state index contributed by atoms with van der Waals surface area (Å²) < 4.78 is 12.6. The molecule has 0 fully saturated rings. The van der Waals surface area contributed by atoms with Gasteiger partial charge in [0.1, 0.15) is 34.5 Å². The minimum absolute atomic E-state index is 0.199. The molecule has 2 N–H and O–H groups in total. The van der Waals surface area contributed by atoms with Crippen LogP contribution >= 0.6 is 0 Å². The molecule has 8 aromatic carbocycles. The molecule has 0 atom stereocenters. The van der Waals surface area contributed by atoms with Gasteiger partial charge in [0.15, 0.2) is 0 Å². The Morgan fingerprint density at radius 3 is 1.14 bits per heavy atom. The summed E-state index contributed by atoms with van der Waals surface area (Å²) in [5.41, 5.74) is 13.0. The summed E-state index contributed by atoms with van der Waals surface area (Å²) in [6.07, 6.45) is 0. The summed E-state index contributed by atoms with van der Waals surface area (Å²) >= 11 is 0. The summed E-state index contributed by atoms with van der Waals surface area (Å²) in [5.74, 6) is 3.49. The third-order valence-corrected chi connectivity index (χ3v) is 11.6. The molecule has 1 spiro atoms. The Balaban J connectivity index is 0.000000137. The van der Waals surface area contributed by atoms with E-state index in [4.69, 9.17) is 9.47 Å². The molecular formula is C52H38O4. The van der Waals surface area contributed by atoms with Gasteiger partial charge in [-0.25, -0.2) is 0 Å². The highest BCUT2D eigenvalue weighted by Crippen LogP contribution is 2.62. The molecule has 0 aromatic heterocycles. The lowest BCUT2D eigenvalue weighted by atomic mass is 9.63. The fraction of sp³-hybridized carbons (Fsp3) is 0.0769. The van der Waals surface area contributed by atoms with Gasteiger partial charge in [-0.1, -0.05) is 146 Å². The number of fused-ring (bicyclic) bond motifs is 11. The van der Waals surface area contributed by atoms with Crippen molar-refractivity contribution >= 4 is 0 Å². The molecule has 0 saturated carbocycles. The first kappa shape index (κ1) is 33.5.